The maximum absolute atomic E-state index is 5.92. The van der Waals surface area contributed by atoms with Crippen molar-refractivity contribution in [3.63, 3.8) is 0 Å². The molecule has 0 radical (unpaired) electrons. The van der Waals surface area contributed by atoms with Gasteiger partial charge in [0.05, 0.1) is 6.10 Å². The first-order chi connectivity index (χ1) is 6.57. The maximum Gasteiger partial charge on any atom is 0.117 e. The summed E-state index contributed by atoms with van der Waals surface area (Å²) in [5.41, 5.74) is -0.0603. The molecule has 3 heteroatoms. The third-order valence-corrected chi connectivity index (χ3v) is 3.39. The Balaban J connectivity index is 1.85. The predicted molar refractivity (Wildman–Crippen MR) is 57.2 cm³/mol. The molecule has 1 N–H and O–H groups in total. The van der Waals surface area contributed by atoms with Crippen molar-refractivity contribution in [1.82, 2.24) is 10.2 Å². The van der Waals surface area contributed by atoms with E-state index in [4.69, 9.17) is 4.74 Å². The summed E-state index contributed by atoms with van der Waals surface area (Å²) in [7, 11) is 2.20. The third-order valence-electron chi connectivity index (χ3n) is 3.39. The van der Waals surface area contributed by atoms with E-state index in [1.165, 1.54) is 19.5 Å². The van der Waals surface area contributed by atoms with Crippen LogP contribution in [0.4, 0.5) is 0 Å². The van der Waals surface area contributed by atoms with Crippen LogP contribution in [-0.4, -0.2) is 43.4 Å². The molecule has 0 spiro atoms. The molecule has 0 saturated carbocycles. The lowest BCUT2D eigenvalue weighted by molar-refractivity contribution is -0.0448. The quantitative estimate of drug-likeness (QED) is 0.718. The molecule has 2 fully saturated rings. The highest BCUT2D eigenvalue weighted by atomic mass is 16.5. The zero-order chi connectivity index (χ0) is 10.2. The summed E-state index contributed by atoms with van der Waals surface area (Å²) in [6, 6.07) is 0. The standard InChI is InChI=1S/C11H22N2O/c1-9-7-12-11(2,14-9)6-10-4-5-13(3)8-10/h9-10,12H,4-8H2,1-3H3. The summed E-state index contributed by atoms with van der Waals surface area (Å²) in [4.78, 5) is 2.41. The van der Waals surface area contributed by atoms with Crippen molar-refractivity contribution in [1.29, 1.82) is 0 Å². The molecular weight excluding hydrogens is 176 g/mol. The molecule has 2 aliphatic rings. The van der Waals surface area contributed by atoms with E-state index in [2.05, 4.69) is 31.1 Å². The first kappa shape index (κ1) is 10.4. The molecule has 2 saturated heterocycles. The number of nitrogens with one attached hydrogen (secondary N) is 1. The molecule has 0 aromatic rings. The average Bonchev–Trinajstić information content (AvgIpc) is 2.60. The van der Waals surface area contributed by atoms with Crippen molar-refractivity contribution in [3.8, 4) is 0 Å². The summed E-state index contributed by atoms with van der Waals surface area (Å²) >= 11 is 0. The van der Waals surface area contributed by atoms with Crippen LogP contribution >= 0.6 is 0 Å². The van der Waals surface area contributed by atoms with Crippen LogP contribution in [0.2, 0.25) is 0 Å². The van der Waals surface area contributed by atoms with Gasteiger partial charge in [-0.05, 0) is 46.2 Å². The van der Waals surface area contributed by atoms with Crippen LogP contribution in [0, 0.1) is 5.92 Å². The van der Waals surface area contributed by atoms with Gasteiger partial charge in [-0.3, -0.25) is 5.32 Å². The molecule has 0 aromatic carbocycles. The van der Waals surface area contributed by atoms with Crippen molar-refractivity contribution in [3.05, 3.63) is 0 Å². The summed E-state index contributed by atoms with van der Waals surface area (Å²) in [6.45, 7) is 7.80. The number of ether oxygens (including phenoxy) is 1. The number of hydrogen-bond acceptors (Lipinski definition) is 3. The molecule has 0 amide bonds. The van der Waals surface area contributed by atoms with Gasteiger partial charge in [-0.2, -0.15) is 0 Å². The first-order valence-corrected chi connectivity index (χ1v) is 5.69. The van der Waals surface area contributed by atoms with Crippen LogP contribution in [0.15, 0.2) is 0 Å². The molecule has 2 aliphatic heterocycles. The second kappa shape index (κ2) is 3.80. The van der Waals surface area contributed by atoms with Crippen molar-refractivity contribution < 1.29 is 4.74 Å². The summed E-state index contributed by atoms with van der Waals surface area (Å²) in [5.74, 6) is 0.808. The number of likely N-dealkylation sites (tertiary alicyclic amines) is 1. The predicted octanol–water partition coefficient (Wildman–Crippen LogP) is 1.05. The van der Waals surface area contributed by atoms with E-state index < -0.39 is 0 Å². The molecule has 0 aliphatic carbocycles. The molecular formula is C11H22N2O. The Labute approximate surface area is 86.8 Å². The van der Waals surface area contributed by atoms with Crippen molar-refractivity contribution in [2.75, 3.05) is 26.7 Å². The van der Waals surface area contributed by atoms with E-state index in [1.807, 2.05) is 0 Å². The zero-order valence-electron chi connectivity index (χ0n) is 9.55. The van der Waals surface area contributed by atoms with Gasteiger partial charge in [-0.1, -0.05) is 0 Å². The molecule has 0 aromatic heterocycles. The molecule has 2 heterocycles. The van der Waals surface area contributed by atoms with E-state index in [9.17, 15) is 0 Å². The van der Waals surface area contributed by atoms with Gasteiger partial charge in [0.15, 0.2) is 0 Å². The van der Waals surface area contributed by atoms with Crippen molar-refractivity contribution in [2.24, 2.45) is 5.92 Å². The Bertz CT molecular complexity index is 209. The first-order valence-electron chi connectivity index (χ1n) is 5.69. The van der Waals surface area contributed by atoms with Gasteiger partial charge in [-0.15, -0.1) is 0 Å². The average molecular weight is 198 g/mol. The minimum absolute atomic E-state index is 0.0603. The molecule has 82 valence electrons. The number of rotatable bonds is 2. The highest BCUT2D eigenvalue weighted by Crippen LogP contribution is 2.29. The van der Waals surface area contributed by atoms with Gasteiger partial charge in [0.2, 0.25) is 0 Å². The highest BCUT2D eigenvalue weighted by Gasteiger charge is 2.36. The lowest BCUT2D eigenvalue weighted by Gasteiger charge is -2.27. The topological polar surface area (TPSA) is 24.5 Å². The summed E-state index contributed by atoms with van der Waals surface area (Å²) in [6.07, 6.45) is 2.85. The monoisotopic (exact) mass is 198 g/mol. The minimum Gasteiger partial charge on any atom is -0.357 e. The van der Waals surface area contributed by atoms with Crippen LogP contribution in [0.5, 0.6) is 0 Å². The zero-order valence-corrected chi connectivity index (χ0v) is 9.55. The van der Waals surface area contributed by atoms with Crippen LogP contribution in [0.1, 0.15) is 26.7 Å². The van der Waals surface area contributed by atoms with Gasteiger partial charge < -0.3 is 9.64 Å². The van der Waals surface area contributed by atoms with Crippen LogP contribution in [0.3, 0.4) is 0 Å². The SMILES string of the molecule is CC1CNC(C)(CC2CCN(C)C2)O1. The van der Waals surface area contributed by atoms with Gasteiger partial charge >= 0.3 is 0 Å². The largest absolute Gasteiger partial charge is 0.357 e. The lowest BCUT2D eigenvalue weighted by Crippen LogP contribution is -2.40. The van der Waals surface area contributed by atoms with Crippen LogP contribution in [0.25, 0.3) is 0 Å². The molecule has 3 nitrogen and oxygen atoms in total. The van der Waals surface area contributed by atoms with Crippen molar-refractivity contribution in [2.45, 2.75) is 38.5 Å². The fourth-order valence-electron chi connectivity index (χ4n) is 2.75. The molecule has 0 bridgehead atoms. The smallest absolute Gasteiger partial charge is 0.117 e. The van der Waals surface area contributed by atoms with E-state index in [0.29, 0.717) is 6.10 Å². The van der Waals surface area contributed by atoms with Crippen molar-refractivity contribution >= 4 is 0 Å². The second-order valence-electron chi connectivity index (χ2n) is 5.16. The molecule has 2 rings (SSSR count). The molecule has 3 atom stereocenters. The lowest BCUT2D eigenvalue weighted by atomic mass is 9.97. The molecule has 14 heavy (non-hydrogen) atoms. The Hall–Kier alpha value is -0.120. The van der Waals surface area contributed by atoms with Crippen LogP contribution in [-0.2, 0) is 4.74 Å². The Morgan fingerprint density at radius 1 is 1.57 bits per heavy atom. The molecule has 3 unspecified atom stereocenters. The Morgan fingerprint density at radius 3 is 2.86 bits per heavy atom. The van der Waals surface area contributed by atoms with Gasteiger partial charge in [0.25, 0.3) is 0 Å². The Kier molecular flexibility index (Phi) is 2.82. The van der Waals surface area contributed by atoms with Crippen LogP contribution < -0.4 is 5.32 Å². The minimum atomic E-state index is -0.0603. The van der Waals surface area contributed by atoms with Gasteiger partial charge in [0, 0.05) is 13.1 Å². The van der Waals surface area contributed by atoms with Gasteiger partial charge in [-0.25, -0.2) is 0 Å². The fraction of sp³-hybridized carbons (Fsp3) is 1.00. The third kappa shape index (κ3) is 2.27. The van der Waals surface area contributed by atoms with E-state index in [1.54, 1.807) is 0 Å². The highest BCUT2D eigenvalue weighted by molar-refractivity contribution is 4.86. The normalized spacial score (nSPS) is 44.8. The summed E-state index contributed by atoms with van der Waals surface area (Å²) < 4.78 is 5.92. The summed E-state index contributed by atoms with van der Waals surface area (Å²) in [5, 5.41) is 3.48. The van der Waals surface area contributed by atoms with E-state index in [0.717, 1.165) is 18.9 Å². The second-order valence-corrected chi connectivity index (χ2v) is 5.16. The Morgan fingerprint density at radius 2 is 2.36 bits per heavy atom. The number of nitrogens with zero attached hydrogens (tertiary/aromatic N) is 1. The van der Waals surface area contributed by atoms with E-state index >= 15 is 0 Å². The maximum atomic E-state index is 5.92. The number of hydrogen-bond donors (Lipinski definition) is 1. The van der Waals surface area contributed by atoms with Gasteiger partial charge in [0.1, 0.15) is 5.72 Å². The van der Waals surface area contributed by atoms with E-state index in [-0.39, 0.29) is 5.72 Å². The fourth-order valence-corrected chi connectivity index (χ4v) is 2.75.